The molecule has 2 aromatic carbocycles. The predicted molar refractivity (Wildman–Crippen MR) is 119 cm³/mol. The molecule has 0 radical (unpaired) electrons. The molecule has 0 bridgehead atoms. The minimum absolute atomic E-state index is 0.00968. The third-order valence-corrected chi connectivity index (χ3v) is 5.49. The van der Waals surface area contributed by atoms with E-state index in [0.29, 0.717) is 0 Å². The molecular weight excluding hydrogens is 382 g/mol. The van der Waals surface area contributed by atoms with Crippen LogP contribution >= 0.6 is 11.3 Å². The summed E-state index contributed by atoms with van der Waals surface area (Å²) in [5.41, 5.74) is 4.45. The number of anilines is 2. The van der Waals surface area contributed by atoms with Gasteiger partial charge in [0.2, 0.25) is 11.8 Å². The van der Waals surface area contributed by atoms with Gasteiger partial charge in [-0.3, -0.25) is 9.59 Å². The van der Waals surface area contributed by atoms with Gasteiger partial charge in [0.15, 0.2) is 0 Å². The molecule has 0 saturated carbocycles. The van der Waals surface area contributed by atoms with Crippen LogP contribution in [0.1, 0.15) is 29.3 Å². The van der Waals surface area contributed by atoms with Crippen LogP contribution in [-0.2, 0) is 16.0 Å². The van der Waals surface area contributed by atoms with Gasteiger partial charge in [-0.05, 0) is 37.6 Å². The van der Waals surface area contributed by atoms with Gasteiger partial charge in [-0.25, -0.2) is 4.98 Å². The monoisotopic (exact) mass is 407 g/mol. The molecule has 0 spiro atoms. The Bertz CT molecular complexity index is 1020. The molecule has 6 heteroatoms. The quantitative estimate of drug-likeness (QED) is 0.590. The van der Waals surface area contributed by atoms with Crippen molar-refractivity contribution in [2.45, 2.75) is 34.1 Å². The molecule has 5 nitrogen and oxygen atoms in total. The normalized spacial score (nSPS) is 10.8. The molecule has 0 saturated heterocycles. The zero-order chi connectivity index (χ0) is 21.0. The topological polar surface area (TPSA) is 71.1 Å². The molecule has 3 aromatic rings. The van der Waals surface area contributed by atoms with E-state index < -0.39 is 0 Å². The van der Waals surface area contributed by atoms with Gasteiger partial charge >= 0.3 is 0 Å². The Labute approximate surface area is 175 Å². The molecule has 29 heavy (non-hydrogen) atoms. The van der Waals surface area contributed by atoms with E-state index in [1.807, 2.05) is 76.2 Å². The number of nitrogens with zero attached hydrogens (tertiary/aromatic N) is 1. The number of carbonyl (C=O) groups excluding carboxylic acids is 2. The number of carbonyl (C=O) groups is 2. The molecule has 0 unspecified atom stereocenters. The number of hydrogen-bond acceptors (Lipinski definition) is 4. The fourth-order valence-corrected chi connectivity index (χ4v) is 3.79. The van der Waals surface area contributed by atoms with E-state index in [4.69, 9.17) is 0 Å². The van der Waals surface area contributed by atoms with Crippen LogP contribution in [0.15, 0.2) is 48.5 Å². The van der Waals surface area contributed by atoms with E-state index in [9.17, 15) is 9.59 Å². The lowest BCUT2D eigenvalue weighted by atomic mass is 10.1. The fourth-order valence-electron chi connectivity index (χ4n) is 2.84. The molecule has 0 aliphatic rings. The predicted octanol–water partition coefficient (Wildman–Crippen LogP) is 5.20. The summed E-state index contributed by atoms with van der Waals surface area (Å²) in [6, 6.07) is 15.3. The van der Waals surface area contributed by atoms with E-state index in [1.165, 1.54) is 11.3 Å². The van der Waals surface area contributed by atoms with E-state index >= 15 is 0 Å². The summed E-state index contributed by atoms with van der Waals surface area (Å²) in [6.45, 7) is 7.69. The van der Waals surface area contributed by atoms with E-state index in [-0.39, 0.29) is 24.2 Å². The van der Waals surface area contributed by atoms with Gasteiger partial charge in [-0.2, -0.15) is 0 Å². The van der Waals surface area contributed by atoms with Crippen molar-refractivity contribution in [1.82, 2.24) is 4.98 Å². The molecule has 3 rings (SSSR count). The maximum atomic E-state index is 12.4. The lowest BCUT2D eigenvalue weighted by Gasteiger charge is -2.08. The van der Waals surface area contributed by atoms with Gasteiger partial charge in [-0.15, -0.1) is 11.3 Å². The molecule has 1 aromatic heterocycles. The van der Waals surface area contributed by atoms with Crippen LogP contribution in [0, 0.1) is 19.8 Å². The lowest BCUT2D eigenvalue weighted by Crippen LogP contribution is -2.17. The maximum absolute atomic E-state index is 12.4. The Balaban J connectivity index is 1.69. The molecule has 1 heterocycles. The van der Waals surface area contributed by atoms with Crippen molar-refractivity contribution in [3.63, 3.8) is 0 Å². The second kappa shape index (κ2) is 9.01. The molecule has 0 aliphatic carbocycles. The number of hydrogen-bond donors (Lipinski definition) is 2. The first kappa shape index (κ1) is 20.7. The summed E-state index contributed by atoms with van der Waals surface area (Å²) in [6.07, 6.45) is 0.238. The van der Waals surface area contributed by atoms with Crippen molar-refractivity contribution >= 4 is 34.5 Å². The van der Waals surface area contributed by atoms with Crippen molar-refractivity contribution in [2.75, 3.05) is 10.6 Å². The van der Waals surface area contributed by atoms with Crippen LogP contribution in [0.3, 0.4) is 0 Å². The summed E-state index contributed by atoms with van der Waals surface area (Å²) in [7, 11) is 0. The van der Waals surface area contributed by atoms with Gasteiger partial charge < -0.3 is 10.6 Å². The molecule has 0 atom stereocenters. The van der Waals surface area contributed by atoms with Crippen molar-refractivity contribution in [2.24, 2.45) is 5.92 Å². The van der Waals surface area contributed by atoms with Crippen LogP contribution in [0.2, 0.25) is 0 Å². The third-order valence-electron chi connectivity index (χ3n) is 4.52. The van der Waals surface area contributed by atoms with E-state index in [0.717, 1.165) is 38.1 Å². The van der Waals surface area contributed by atoms with Crippen LogP contribution < -0.4 is 10.6 Å². The van der Waals surface area contributed by atoms with Crippen LogP contribution in [0.5, 0.6) is 0 Å². The number of benzene rings is 2. The number of amides is 2. The van der Waals surface area contributed by atoms with Gasteiger partial charge in [-0.1, -0.05) is 44.2 Å². The van der Waals surface area contributed by atoms with Gasteiger partial charge in [0.25, 0.3) is 0 Å². The molecular formula is C23H25N3O2S. The van der Waals surface area contributed by atoms with Gasteiger partial charge in [0.1, 0.15) is 5.01 Å². The van der Waals surface area contributed by atoms with E-state index in [2.05, 4.69) is 15.6 Å². The van der Waals surface area contributed by atoms with Crippen molar-refractivity contribution < 1.29 is 9.59 Å². The summed E-state index contributed by atoms with van der Waals surface area (Å²) < 4.78 is 0. The van der Waals surface area contributed by atoms with Crippen LogP contribution in [0.4, 0.5) is 11.4 Å². The SMILES string of the molecule is Cc1ccccc1NC(=O)Cc1nc(-c2ccc(NC(=O)C(C)C)cc2)c(C)s1. The van der Waals surface area contributed by atoms with Crippen molar-refractivity contribution in [1.29, 1.82) is 0 Å². The highest BCUT2D eigenvalue weighted by molar-refractivity contribution is 7.12. The van der Waals surface area contributed by atoms with E-state index in [1.54, 1.807) is 0 Å². The zero-order valence-electron chi connectivity index (χ0n) is 17.1. The standard InChI is InChI=1S/C23H25N3O2S/c1-14(2)23(28)24-18-11-9-17(10-12-18)22-16(4)29-21(26-22)13-20(27)25-19-8-6-5-7-15(19)3/h5-12,14H,13H2,1-4H3,(H,24,28)(H,25,27). The smallest absolute Gasteiger partial charge is 0.231 e. The number of aryl methyl sites for hydroxylation is 2. The number of rotatable bonds is 6. The minimum atomic E-state index is -0.0775. The molecule has 150 valence electrons. The first-order valence-electron chi connectivity index (χ1n) is 9.56. The molecule has 2 N–H and O–H groups in total. The van der Waals surface area contributed by atoms with Gasteiger partial charge in [0, 0.05) is 27.7 Å². The number of nitrogens with one attached hydrogen (secondary N) is 2. The average molecular weight is 408 g/mol. The minimum Gasteiger partial charge on any atom is -0.326 e. The number of para-hydroxylation sites is 1. The Kier molecular flexibility index (Phi) is 6.44. The summed E-state index contributed by atoms with van der Waals surface area (Å²) in [5.74, 6) is -0.153. The average Bonchev–Trinajstić information content (AvgIpc) is 3.04. The van der Waals surface area contributed by atoms with Crippen molar-refractivity contribution in [3.05, 3.63) is 64.0 Å². The summed E-state index contributed by atoms with van der Waals surface area (Å²) in [5, 5.41) is 6.61. The Hall–Kier alpha value is -2.99. The molecule has 0 fully saturated rings. The van der Waals surface area contributed by atoms with Crippen LogP contribution in [-0.4, -0.2) is 16.8 Å². The first-order valence-corrected chi connectivity index (χ1v) is 10.4. The number of thiazole rings is 1. The maximum Gasteiger partial charge on any atom is 0.231 e. The lowest BCUT2D eigenvalue weighted by molar-refractivity contribution is -0.119. The number of aromatic nitrogens is 1. The Morgan fingerprint density at radius 2 is 1.69 bits per heavy atom. The summed E-state index contributed by atoms with van der Waals surface area (Å²) >= 11 is 1.53. The second-order valence-corrected chi connectivity index (χ2v) is 8.56. The fraction of sp³-hybridized carbons (Fsp3) is 0.261. The molecule has 2 amide bonds. The third kappa shape index (κ3) is 5.29. The Morgan fingerprint density at radius 3 is 2.34 bits per heavy atom. The first-order chi connectivity index (χ1) is 13.8. The second-order valence-electron chi connectivity index (χ2n) is 7.27. The summed E-state index contributed by atoms with van der Waals surface area (Å²) in [4.78, 5) is 30.0. The van der Waals surface area contributed by atoms with Crippen LogP contribution in [0.25, 0.3) is 11.3 Å². The Morgan fingerprint density at radius 1 is 1.00 bits per heavy atom. The largest absolute Gasteiger partial charge is 0.326 e. The van der Waals surface area contributed by atoms with Gasteiger partial charge in [0.05, 0.1) is 12.1 Å². The highest BCUT2D eigenvalue weighted by Crippen LogP contribution is 2.29. The molecule has 0 aliphatic heterocycles. The highest BCUT2D eigenvalue weighted by Gasteiger charge is 2.14. The zero-order valence-corrected chi connectivity index (χ0v) is 17.9. The highest BCUT2D eigenvalue weighted by atomic mass is 32.1. The van der Waals surface area contributed by atoms with Crippen molar-refractivity contribution in [3.8, 4) is 11.3 Å².